The van der Waals surface area contributed by atoms with Gasteiger partial charge in [-0.15, -0.1) is 0 Å². The van der Waals surface area contributed by atoms with Crippen LogP contribution in [0.25, 0.3) is 0 Å². The summed E-state index contributed by atoms with van der Waals surface area (Å²) in [5, 5.41) is 8.61. The number of hydrogen-bond donors (Lipinski definition) is 1. The van der Waals surface area contributed by atoms with Crippen molar-refractivity contribution in [2.75, 3.05) is 0 Å². The normalized spacial score (nSPS) is 27.4. The van der Waals surface area contributed by atoms with Crippen molar-refractivity contribution in [1.29, 1.82) is 0 Å². The molecule has 13 heavy (non-hydrogen) atoms. The van der Waals surface area contributed by atoms with Gasteiger partial charge < -0.3 is 5.11 Å². The second kappa shape index (κ2) is 2.83. The van der Waals surface area contributed by atoms with Crippen molar-refractivity contribution in [3.63, 3.8) is 0 Å². The van der Waals surface area contributed by atoms with Crippen LogP contribution in [-0.4, -0.2) is 33.9 Å². The summed E-state index contributed by atoms with van der Waals surface area (Å²) in [5.41, 5.74) is -0.918. The van der Waals surface area contributed by atoms with Gasteiger partial charge in [0.25, 0.3) is 5.91 Å². The summed E-state index contributed by atoms with van der Waals surface area (Å²) in [6.45, 7) is 5.31. The molecular weight excluding hydrogens is 172 g/mol. The van der Waals surface area contributed by atoms with Crippen molar-refractivity contribution in [2.45, 2.75) is 26.3 Å². The van der Waals surface area contributed by atoms with Crippen molar-refractivity contribution in [3.05, 3.63) is 0 Å². The molecule has 72 valence electrons. The highest BCUT2D eigenvalue weighted by molar-refractivity contribution is 6.10. The van der Waals surface area contributed by atoms with E-state index < -0.39 is 17.5 Å². The van der Waals surface area contributed by atoms with Gasteiger partial charge in [0.15, 0.2) is 0 Å². The first-order chi connectivity index (χ1) is 5.89. The molecule has 0 aromatic heterocycles. The van der Waals surface area contributed by atoms with Crippen LogP contribution in [0.5, 0.6) is 0 Å². The Morgan fingerprint density at radius 3 is 2.46 bits per heavy atom. The summed E-state index contributed by atoms with van der Waals surface area (Å²) in [6.07, 6.45) is -0.205. The molecular formula is C8H12N2O3. The summed E-state index contributed by atoms with van der Waals surface area (Å²) in [4.78, 5) is 26.6. The first-order valence-electron chi connectivity index (χ1n) is 4.01. The van der Waals surface area contributed by atoms with E-state index in [1.54, 1.807) is 6.92 Å². The highest BCUT2D eigenvalue weighted by atomic mass is 16.4. The monoisotopic (exact) mass is 184 g/mol. The first kappa shape index (κ1) is 9.70. The number of aliphatic imine (C=N–C) groups is 1. The molecule has 0 aromatic carbocycles. The third-order valence-corrected chi connectivity index (χ3v) is 2.42. The van der Waals surface area contributed by atoms with Crippen molar-refractivity contribution < 1.29 is 14.7 Å². The Balaban J connectivity index is 2.95. The number of imide groups is 1. The average molecular weight is 184 g/mol. The van der Waals surface area contributed by atoms with Crippen molar-refractivity contribution in [2.24, 2.45) is 10.9 Å². The van der Waals surface area contributed by atoms with E-state index >= 15 is 0 Å². The molecule has 1 N–H and O–H groups in total. The fourth-order valence-corrected chi connectivity index (χ4v) is 1.06. The maximum Gasteiger partial charge on any atom is 0.419 e. The topological polar surface area (TPSA) is 70.0 Å². The van der Waals surface area contributed by atoms with Gasteiger partial charge in [0.05, 0.1) is 0 Å². The van der Waals surface area contributed by atoms with Crippen LogP contribution in [0, 0.1) is 5.92 Å². The predicted molar refractivity (Wildman–Crippen MR) is 46.6 cm³/mol. The zero-order valence-electron chi connectivity index (χ0n) is 7.81. The zero-order valence-corrected chi connectivity index (χ0v) is 7.81. The molecule has 1 atom stereocenters. The highest BCUT2D eigenvalue weighted by Gasteiger charge is 2.45. The lowest BCUT2D eigenvalue weighted by atomic mass is 9.89. The number of hydrogen-bond acceptors (Lipinski definition) is 3. The van der Waals surface area contributed by atoms with Gasteiger partial charge in [-0.2, -0.15) is 0 Å². The second-order valence-corrected chi connectivity index (χ2v) is 3.50. The SMILES string of the molecule is CC(C)C1(C)N=CN(C(=O)O)C1=O. The molecule has 1 aliphatic rings. The Kier molecular flexibility index (Phi) is 2.11. The standard InChI is InChI=1S/C8H12N2O3/c1-5(2)8(3)6(11)10(4-9-8)7(12)13/h4-5H,1-3H3,(H,12,13). The molecule has 0 saturated heterocycles. The maximum absolute atomic E-state index is 11.5. The molecule has 1 aliphatic heterocycles. The van der Waals surface area contributed by atoms with Crippen LogP contribution in [0.15, 0.2) is 4.99 Å². The van der Waals surface area contributed by atoms with E-state index in [-0.39, 0.29) is 5.92 Å². The molecule has 5 heteroatoms. The van der Waals surface area contributed by atoms with Crippen LogP contribution in [0.2, 0.25) is 0 Å². The molecule has 1 rings (SSSR count). The summed E-state index contributed by atoms with van der Waals surface area (Å²) in [6, 6.07) is 0. The number of carboxylic acid groups (broad SMARTS) is 1. The minimum atomic E-state index is -1.28. The largest absolute Gasteiger partial charge is 0.464 e. The molecule has 5 nitrogen and oxygen atoms in total. The predicted octanol–water partition coefficient (Wildman–Crippen LogP) is 0.950. The summed E-state index contributed by atoms with van der Waals surface area (Å²) in [7, 11) is 0. The van der Waals surface area contributed by atoms with Crippen LogP contribution in [0.3, 0.4) is 0 Å². The van der Waals surface area contributed by atoms with Gasteiger partial charge >= 0.3 is 6.09 Å². The third-order valence-electron chi connectivity index (χ3n) is 2.42. The molecule has 0 aromatic rings. The van der Waals surface area contributed by atoms with Gasteiger partial charge in [0.1, 0.15) is 11.9 Å². The smallest absolute Gasteiger partial charge is 0.419 e. The van der Waals surface area contributed by atoms with Crippen LogP contribution in [-0.2, 0) is 4.79 Å². The summed E-state index contributed by atoms with van der Waals surface area (Å²) in [5.74, 6) is -0.490. The molecule has 0 spiro atoms. The van der Waals surface area contributed by atoms with Gasteiger partial charge in [-0.1, -0.05) is 13.8 Å². The molecule has 2 amide bonds. The third kappa shape index (κ3) is 1.30. The Bertz CT molecular complexity index is 285. The van der Waals surface area contributed by atoms with Crippen molar-refractivity contribution in [1.82, 2.24) is 4.90 Å². The van der Waals surface area contributed by atoms with E-state index in [0.717, 1.165) is 6.34 Å². The number of carbonyl (C=O) groups is 2. The van der Waals surface area contributed by atoms with Crippen LogP contribution in [0.1, 0.15) is 20.8 Å². The van der Waals surface area contributed by atoms with E-state index in [0.29, 0.717) is 4.90 Å². The summed E-state index contributed by atoms with van der Waals surface area (Å²) >= 11 is 0. The lowest BCUT2D eigenvalue weighted by molar-refractivity contribution is -0.130. The fraction of sp³-hybridized carbons (Fsp3) is 0.625. The van der Waals surface area contributed by atoms with Crippen LogP contribution in [0.4, 0.5) is 4.79 Å². The van der Waals surface area contributed by atoms with Crippen LogP contribution >= 0.6 is 0 Å². The first-order valence-corrected chi connectivity index (χ1v) is 4.01. The van der Waals surface area contributed by atoms with Crippen molar-refractivity contribution in [3.8, 4) is 0 Å². The Hall–Kier alpha value is -1.39. The number of amides is 2. The lowest BCUT2D eigenvalue weighted by Crippen LogP contribution is -2.44. The molecule has 0 radical (unpaired) electrons. The number of rotatable bonds is 1. The molecule has 1 unspecified atom stereocenters. The molecule has 1 heterocycles. The fourth-order valence-electron chi connectivity index (χ4n) is 1.06. The molecule has 0 bridgehead atoms. The quantitative estimate of drug-likeness (QED) is 0.659. The average Bonchev–Trinajstić information content (AvgIpc) is 2.30. The number of carbonyl (C=O) groups excluding carboxylic acids is 1. The van der Waals surface area contributed by atoms with Gasteiger partial charge in [-0.05, 0) is 12.8 Å². The number of nitrogens with zero attached hydrogens (tertiary/aromatic N) is 2. The second-order valence-electron chi connectivity index (χ2n) is 3.50. The van der Waals surface area contributed by atoms with Gasteiger partial charge in [-0.25, -0.2) is 9.69 Å². The van der Waals surface area contributed by atoms with Gasteiger partial charge in [0.2, 0.25) is 0 Å². The van der Waals surface area contributed by atoms with E-state index in [4.69, 9.17) is 5.11 Å². The highest BCUT2D eigenvalue weighted by Crippen LogP contribution is 2.27. The van der Waals surface area contributed by atoms with E-state index in [1.165, 1.54) is 0 Å². The maximum atomic E-state index is 11.5. The minimum absolute atomic E-state index is 0.0133. The Labute approximate surface area is 76.1 Å². The van der Waals surface area contributed by atoms with Crippen LogP contribution < -0.4 is 0 Å². The summed E-state index contributed by atoms with van der Waals surface area (Å²) < 4.78 is 0. The van der Waals surface area contributed by atoms with E-state index in [9.17, 15) is 9.59 Å². The van der Waals surface area contributed by atoms with E-state index in [2.05, 4.69) is 4.99 Å². The molecule has 0 fully saturated rings. The molecule has 0 saturated carbocycles. The van der Waals surface area contributed by atoms with Gasteiger partial charge in [-0.3, -0.25) is 9.79 Å². The molecule has 0 aliphatic carbocycles. The van der Waals surface area contributed by atoms with Crippen molar-refractivity contribution >= 4 is 18.3 Å². The Morgan fingerprint density at radius 2 is 2.23 bits per heavy atom. The zero-order chi connectivity index (χ0) is 10.2. The van der Waals surface area contributed by atoms with Gasteiger partial charge in [0, 0.05) is 0 Å². The Morgan fingerprint density at radius 1 is 1.69 bits per heavy atom. The van der Waals surface area contributed by atoms with E-state index in [1.807, 2.05) is 13.8 Å². The lowest BCUT2D eigenvalue weighted by Gasteiger charge is -2.23. The minimum Gasteiger partial charge on any atom is -0.464 e.